The van der Waals surface area contributed by atoms with Crippen molar-refractivity contribution in [3.05, 3.63) is 40.6 Å². The number of ether oxygens (including phenoxy) is 2. The molecule has 112 valence electrons. The van der Waals surface area contributed by atoms with E-state index in [1.54, 1.807) is 18.2 Å². The third-order valence-corrected chi connectivity index (χ3v) is 2.78. The molecule has 0 atom stereocenters. The van der Waals surface area contributed by atoms with Gasteiger partial charge < -0.3 is 15.2 Å². The summed E-state index contributed by atoms with van der Waals surface area (Å²) in [4.78, 5) is 4.21. The maximum atomic E-state index is 13.3. The smallest absolute Gasteiger partial charge is 0.241 e. The number of nitrogens with two attached hydrogens (primary N) is 1. The lowest BCUT2D eigenvalue weighted by molar-refractivity contribution is 0.124. The van der Waals surface area contributed by atoms with E-state index in [-0.39, 0.29) is 11.8 Å². The van der Waals surface area contributed by atoms with Gasteiger partial charge in [0.2, 0.25) is 11.8 Å². The number of halogens is 2. The topological polar surface area (TPSA) is 57.4 Å². The van der Waals surface area contributed by atoms with Gasteiger partial charge in [-0.05, 0) is 39.0 Å². The van der Waals surface area contributed by atoms with Crippen LogP contribution >= 0.6 is 15.9 Å². The molecule has 2 rings (SSSR count). The number of aromatic nitrogens is 1. The second-order valence-electron chi connectivity index (χ2n) is 5.47. The Balaban J connectivity index is 2.26. The van der Waals surface area contributed by atoms with E-state index in [2.05, 4.69) is 20.9 Å². The predicted molar refractivity (Wildman–Crippen MR) is 83.2 cm³/mol. The fourth-order valence-corrected chi connectivity index (χ4v) is 2.02. The van der Waals surface area contributed by atoms with Crippen molar-refractivity contribution in [3.63, 3.8) is 0 Å². The summed E-state index contributed by atoms with van der Waals surface area (Å²) in [6, 6.07) is 7.50. The Hall–Kier alpha value is -1.82. The molecule has 4 nitrogen and oxygen atoms in total. The number of nitrogen functional groups attached to an aromatic ring is 1. The standard InChI is InChI=1S/C15H16BrFN2O2/c1-15(2,3)21-14-12(18)4-5-13(19-14)20-11-7-9(16)6-10(17)8-11/h4-8H,18H2,1-3H3. The lowest BCUT2D eigenvalue weighted by Crippen LogP contribution is -2.24. The lowest BCUT2D eigenvalue weighted by atomic mass is 10.2. The number of hydrogen-bond donors (Lipinski definition) is 1. The zero-order valence-electron chi connectivity index (χ0n) is 12.0. The van der Waals surface area contributed by atoms with Crippen molar-refractivity contribution in [1.29, 1.82) is 0 Å². The predicted octanol–water partition coefficient (Wildman–Crippen LogP) is 4.54. The molecule has 0 bridgehead atoms. The van der Waals surface area contributed by atoms with Crippen molar-refractivity contribution in [2.24, 2.45) is 0 Å². The molecule has 0 unspecified atom stereocenters. The highest BCUT2D eigenvalue weighted by Crippen LogP contribution is 2.29. The van der Waals surface area contributed by atoms with Crippen LogP contribution < -0.4 is 15.2 Å². The van der Waals surface area contributed by atoms with Crippen molar-refractivity contribution in [2.45, 2.75) is 26.4 Å². The van der Waals surface area contributed by atoms with E-state index in [1.165, 1.54) is 12.1 Å². The van der Waals surface area contributed by atoms with Gasteiger partial charge in [0.15, 0.2) is 0 Å². The summed E-state index contributed by atoms with van der Waals surface area (Å²) in [6.07, 6.45) is 0. The van der Waals surface area contributed by atoms with E-state index in [0.717, 1.165) is 0 Å². The Bertz CT molecular complexity index is 636. The van der Waals surface area contributed by atoms with Crippen molar-refractivity contribution in [1.82, 2.24) is 4.98 Å². The highest BCUT2D eigenvalue weighted by molar-refractivity contribution is 9.10. The van der Waals surface area contributed by atoms with Gasteiger partial charge in [-0.1, -0.05) is 15.9 Å². The van der Waals surface area contributed by atoms with E-state index in [0.29, 0.717) is 15.9 Å². The van der Waals surface area contributed by atoms with Crippen LogP contribution in [0.3, 0.4) is 0 Å². The highest BCUT2D eigenvalue weighted by Gasteiger charge is 2.16. The van der Waals surface area contributed by atoms with Crippen LogP contribution in [0.5, 0.6) is 17.5 Å². The number of hydrogen-bond acceptors (Lipinski definition) is 4. The van der Waals surface area contributed by atoms with Gasteiger partial charge in [0.1, 0.15) is 17.2 Å². The van der Waals surface area contributed by atoms with Gasteiger partial charge in [0.25, 0.3) is 0 Å². The SMILES string of the molecule is CC(C)(C)Oc1nc(Oc2cc(F)cc(Br)c2)ccc1N. The minimum absolute atomic E-state index is 0.279. The molecule has 1 heterocycles. The molecule has 0 radical (unpaired) electrons. The van der Waals surface area contributed by atoms with Crippen molar-refractivity contribution in [2.75, 3.05) is 5.73 Å². The molecule has 0 aliphatic rings. The van der Waals surface area contributed by atoms with Crippen LogP contribution in [0.25, 0.3) is 0 Å². The quantitative estimate of drug-likeness (QED) is 0.879. The minimum atomic E-state index is -0.429. The van der Waals surface area contributed by atoms with Gasteiger partial charge in [-0.3, -0.25) is 0 Å². The lowest BCUT2D eigenvalue weighted by Gasteiger charge is -2.21. The Kier molecular flexibility index (Phi) is 4.37. The number of nitrogens with zero attached hydrogens (tertiary/aromatic N) is 1. The Morgan fingerprint density at radius 3 is 2.52 bits per heavy atom. The molecule has 21 heavy (non-hydrogen) atoms. The van der Waals surface area contributed by atoms with Crippen LogP contribution in [-0.2, 0) is 0 Å². The number of rotatable bonds is 3. The van der Waals surface area contributed by atoms with E-state index >= 15 is 0 Å². The van der Waals surface area contributed by atoms with Crippen LogP contribution in [0, 0.1) is 5.82 Å². The average molecular weight is 355 g/mol. The van der Waals surface area contributed by atoms with Gasteiger partial charge in [0, 0.05) is 16.6 Å². The Morgan fingerprint density at radius 2 is 1.90 bits per heavy atom. The Morgan fingerprint density at radius 1 is 1.19 bits per heavy atom. The zero-order chi connectivity index (χ0) is 15.6. The van der Waals surface area contributed by atoms with Crippen LogP contribution in [0.15, 0.2) is 34.8 Å². The second-order valence-corrected chi connectivity index (χ2v) is 6.38. The summed E-state index contributed by atoms with van der Waals surface area (Å²) >= 11 is 3.21. The largest absolute Gasteiger partial charge is 0.470 e. The molecule has 0 aliphatic heterocycles. The van der Waals surface area contributed by atoms with Crippen molar-refractivity contribution < 1.29 is 13.9 Å². The van der Waals surface area contributed by atoms with Crippen LogP contribution in [-0.4, -0.2) is 10.6 Å². The Labute approximate surface area is 131 Å². The summed E-state index contributed by atoms with van der Waals surface area (Å²) in [5, 5.41) is 0. The van der Waals surface area contributed by atoms with Gasteiger partial charge in [-0.25, -0.2) is 4.39 Å². The molecule has 0 aliphatic carbocycles. The van der Waals surface area contributed by atoms with E-state index in [9.17, 15) is 4.39 Å². The first kappa shape index (κ1) is 15.6. The maximum absolute atomic E-state index is 13.3. The molecule has 0 spiro atoms. The second kappa shape index (κ2) is 5.89. The molecule has 1 aromatic carbocycles. The van der Waals surface area contributed by atoms with Crippen molar-refractivity contribution in [3.8, 4) is 17.5 Å². The third-order valence-electron chi connectivity index (χ3n) is 2.33. The summed E-state index contributed by atoms with van der Waals surface area (Å²) in [5.41, 5.74) is 5.81. The fourth-order valence-electron chi connectivity index (χ4n) is 1.57. The van der Waals surface area contributed by atoms with Crippen LogP contribution in [0.4, 0.5) is 10.1 Å². The summed E-state index contributed by atoms with van der Waals surface area (Å²) in [6.45, 7) is 5.68. The molecule has 1 aromatic heterocycles. The third kappa shape index (κ3) is 4.60. The molecular formula is C15H16BrFN2O2. The number of pyridine rings is 1. The zero-order valence-corrected chi connectivity index (χ0v) is 13.6. The van der Waals surface area contributed by atoms with E-state index < -0.39 is 11.4 Å². The molecule has 0 amide bonds. The average Bonchev–Trinajstić information content (AvgIpc) is 2.30. The first-order chi connectivity index (χ1) is 9.73. The summed E-state index contributed by atoms with van der Waals surface area (Å²) in [5.74, 6) is 0.498. The monoisotopic (exact) mass is 354 g/mol. The molecule has 2 aromatic rings. The maximum Gasteiger partial charge on any atom is 0.241 e. The molecule has 2 N–H and O–H groups in total. The van der Waals surface area contributed by atoms with E-state index in [1.807, 2.05) is 20.8 Å². The van der Waals surface area contributed by atoms with Gasteiger partial charge in [-0.15, -0.1) is 0 Å². The van der Waals surface area contributed by atoms with Gasteiger partial charge >= 0.3 is 0 Å². The van der Waals surface area contributed by atoms with Crippen molar-refractivity contribution >= 4 is 21.6 Å². The molecular weight excluding hydrogens is 339 g/mol. The minimum Gasteiger partial charge on any atom is -0.470 e. The first-order valence-corrected chi connectivity index (χ1v) is 7.12. The number of anilines is 1. The summed E-state index contributed by atoms with van der Waals surface area (Å²) < 4.78 is 25.1. The highest BCUT2D eigenvalue weighted by atomic mass is 79.9. The molecule has 0 fully saturated rings. The molecule has 0 saturated carbocycles. The molecule has 6 heteroatoms. The van der Waals surface area contributed by atoms with E-state index in [4.69, 9.17) is 15.2 Å². The van der Waals surface area contributed by atoms with Crippen LogP contribution in [0.2, 0.25) is 0 Å². The van der Waals surface area contributed by atoms with Gasteiger partial charge in [-0.2, -0.15) is 4.98 Å². The normalized spacial score (nSPS) is 11.3. The van der Waals surface area contributed by atoms with Gasteiger partial charge in [0.05, 0.1) is 5.69 Å². The molecule has 0 saturated heterocycles. The van der Waals surface area contributed by atoms with Crippen LogP contribution in [0.1, 0.15) is 20.8 Å². The fraction of sp³-hybridized carbons (Fsp3) is 0.267. The summed E-state index contributed by atoms with van der Waals surface area (Å²) in [7, 11) is 0. The first-order valence-electron chi connectivity index (χ1n) is 6.32. The number of benzene rings is 1.